The van der Waals surface area contributed by atoms with E-state index < -0.39 is 11.9 Å². The molecule has 17 heavy (non-hydrogen) atoms. The number of carboxylic acids is 1. The van der Waals surface area contributed by atoms with Crippen LogP contribution in [0.2, 0.25) is 0 Å². The SMILES string of the molecule is CCCCOC(=O)c1ccc(C(=O)O)c(N)n1. The average molecular weight is 238 g/mol. The number of unbranched alkanes of at least 4 members (excludes halogenated alkanes) is 1. The fourth-order valence-corrected chi connectivity index (χ4v) is 1.15. The molecule has 1 aromatic rings. The average Bonchev–Trinajstić information content (AvgIpc) is 2.28. The number of ether oxygens (including phenoxy) is 1. The van der Waals surface area contributed by atoms with Crippen molar-refractivity contribution in [3.63, 3.8) is 0 Å². The third kappa shape index (κ3) is 3.44. The lowest BCUT2D eigenvalue weighted by molar-refractivity contribution is 0.0491. The Kier molecular flexibility index (Phi) is 4.45. The number of rotatable bonds is 5. The third-order valence-electron chi connectivity index (χ3n) is 2.10. The molecule has 3 N–H and O–H groups in total. The van der Waals surface area contributed by atoms with E-state index in [1.54, 1.807) is 0 Å². The van der Waals surface area contributed by atoms with E-state index in [1.807, 2.05) is 6.92 Å². The first kappa shape index (κ1) is 13.0. The maximum absolute atomic E-state index is 11.5. The first-order valence-corrected chi connectivity index (χ1v) is 5.23. The van der Waals surface area contributed by atoms with Crippen LogP contribution >= 0.6 is 0 Å². The minimum atomic E-state index is -1.18. The van der Waals surface area contributed by atoms with Crippen LogP contribution in [0.1, 0.15) is 40.6 Å². The molecule has 6 nitrogen and oxygen atoms in total. The van der Waals surface area contributed by atoms with Crippen LogP contribution in [0.5, 0.6) is 0 Å². The highest BCUT2D eigenvalue weighted by Gasteiger charge is 2.14. The summed E-state index contributed by atoms with van der Waals surface area (Å²) in [6.45, 7) is 2.29. The number of nitrogen functional groups attached to an aromatic ring is 1. The van der Waals surface area contributed by atoms with Crippen LogP contribution in [0.15, 0.2) is 12.1 Å². The van der Waals surface area contributed by atoms with Crippen LogP contribution in [-0.2, 0) is 4.74 Å². The molecule has 0 radical (unpaired) electrons. The number of hydrogen-bond donors (Lipinski definition) is 2. The molecule has 1 heterocycles. The predicted octanol–water partition coefficient (Wildman–Crippen LogP) is 1.32. The van der Waals surface area contributed by atoms with Crippen LogP contribution in [0.3, 0.4) is 0 Å². The summed E-state index contributed by atoms with van der Waals surface area (Å²) >= 11 is 0. The highest BCUT2D eigenvalue weighted by atomic mass is 16.5. The Labute approximate surface area is 98.4 Å². The number of anilines is 1. The zero-order valence-electron chi connectivity index (χ0n) is 9.47. The van der Waals surface area contributed by atoms with Gasteiger partial charge in [0.1, 0.15) is 11.4 Å². The Hall–Kier alpha value is -2.11. The van der Waals surface area contributed by atoms with Crippen LogP contribution in [0.25, 0.3) is 0 Å². The molecular weight excluding hydrogens is 224 g/mol. The molecule has 0 bridgehead atoms. The maximum atomic E-state index is 11.5. The molecule has 0 aliphatic rings. The maximum Gasteiger partial charge on any atom is 0.357 e. The number of carboxylic acid groups (broad SMARTS) is 1. The zero-order valence-corrected chi connectivity index (χ0v) is 9.47. The molecule has 6 heteroatoms. The summed E-state index contributed by atoms with van der Waals surface area (Å²) in [5, 5.41) is 8.73. The summed E-state index contributed by atoms with van der Waals surface area (Å²) < 4.78 is 4.92. The van der Waals surface area contributed by atoms with Gasteiger partial charge in [0.15, 0.2) is 5.69 Å². The number of aromatic nitrogens is 1. The topological polar surface area (TPSA) is 103 Å². The van der Waals surface area contributed by atoms with Gasteiger partial charge in [-0.25, -0.2) is 14.6 Å². The van der Waals surface area contributed by atoms with E-state index in [0.717, 1.165) is 12.8 Å². The molecular formula is C11H14N2O4. The second-order valence-electron chi connectivity index (χ2n) is 3.42. The molecule has 0 fully saturated rings. The first-order valence-electron chi connectivity index (χ1n) is 5.23. The number of hydrogen-bond acceptors (Lipinski definition) is 5. The molecule has 0 amide bonds. The molecule has 0 unspecified atom stereocenters. The summed E-state index contributed by atoms with van der Waals surface area (Å²) in [6, 6.07) is 2.52. The number of aromatic carboxylic acids is 1. The fourth-order valence-electron chi connectivity index (χ4n) is 1.15. The Bertz CT molecular complexity index is 431. The van der Waals surface area contributed by atoms with E-state index in [4.69, 9.17) is 15.6 Å². The lowest BCUT2D eigenvalue weighted by Crippen LogP contribution is -2.12. The van der Waals surface area contributed by atoms with Crippen LogP contribution in [0.4, 0.5) is 5.82 Å². The standard InChI is InChI=1S/C11H14N2O4/c1-2-3-6-17-11(16)8-5-4-7(10(14)15)9(12)13-8/h4-5H,2-3,6H2,1H3,(H2,12,13)(H,14,15). The van der Waals surface area contributed by atoms with Gasteiger partial charge in [-0.2, -0.15) is 0 Å². The number of nitrogens with two attached hydrogens (primary N) is 1. The van der Waals surface area contributed by atoms with Crippen molar-refractivity contribution in [2.45, 2.75) is 19.8 Å². The van der Waals surface area contributed by atoms with E-state index in [-0.39, 0.29) is 17.1 Å². The summed E-state index contributed by atoms with van der Waals surface area (Å²) in [5.41, 5.74) is 5.30. The number of carbonyl (C=O) groups is 2. The molecule has 0 saturated carbocycles. The molecule has 92 valence electrons. The molecule has 0 aliphatic heterocycles. The van der Waals surface area contributed by atoms with Crippen LogP contribution in [0, 0.1) is 0 Å². The molecule has 0 aliphatic carbocycles. The zero-order chi connectivity index (χ0) is 12.8. The number of carbonyl (C=O) groups excluding carboxylic acids is 1. The smallest absolute Gasteiger partial charge is 0.357 e. The van der Waals surface area contributed by atoms with Gasteiger partial charge in [-0.05, 0) is 18.6 Å². The second-order valence-corrected chi connectivity index (χ2v) is 3.42. The van der Waals surface area contributed by atoms with Crippen molar-refractivity contribution in [1.29, 1.82) is 0 Å². The lowest BCUT2D eigenvalue weighted by atomic mass is 10.2. The highest BCUT2D eigenvalue weighted by Crippen LogP contribution is 2.10. The highest BCUT2D eigenvalue weighted by molar-refractivity contribution is 5.94. The van der Waals surface area contributed by atoms with E-state index in [9.17, 15) is 9.59 Å². The van der Waals surface area contributed by atoms with Gasteiger partial charge in [0.05, 0.1) is 6.61 Å². The first-order chi connectivity index (χ1) is 8.06. The third-order valence-corrected chi connectivity index (χ3v) is 2.10. The number of pyridine rings is 1. The normalized spacial score (nSPS) is 9.94. The van der Waals surface area contributed by atoms with Gasteiger partial charge in [0.25, 0.3) is 0 Å². The van der Waals surface area contributed by atoms with E-state index >= 15 is 0 Å². The number of esters is 1. The molecule has 1 rings (SSSR count). The van der Waals surface area contributed by atoms with E-state index in [1.165, 1.54) is 12.1 Å². The Balaban J connectivity index is 2.76. The van der Waals surface area contributed by atoms with Gasteiger partial charge >= 0.3 is 11.9 Å². The van der Waals surface area contributed by atoms with Crippen LogP contribution < -0.4 is 5.73 Å². The minimum absolute atomic E-state index is 0.0172. The monoisotopic (exact) mass is 238 g/mol. The minimum Gasteiger partial charge on any atom is -0.478 e. The molecule has 0 aromatic carbocycles. The molecule has 0 atom stereocenters. The predicted molar refractivity (Wildman–Crippen MR) is 60.8 cm³/mol. The van der Waals surface area contributed by atoms with Crippen molar-refractivity contribution in [2.75, 3.05) is 12.3 Å². The van der Waals surface area contributed by atoms with Crippen molar-refractivity contribution in [3.05, 3.63) is 23.4 Å². The van der Waals surface area contributed by atoms with Gasteiger partial charge in [-0.15, -0.1) is 0 Å². The van der Waals surface area contributed by atoms with Crippen molar-refractivity contribution in [3.8, 4) is 0 Å². The van der Waals surface area contributed by atoms with Crippen molar-refractivity contribution in [2.24, 2.45) is 0 Å². The lowest BCUT2D eigenvalue weighted by Gasteiger charge is -2.05. The number of nitrogens with zero attached hydrogens (tertiary/aromatic N) is 1. The summed E-state index contributed by atoms with van der Waals surface area (Å²) in [7, 11) is 0. The molecule has 1 aromatic heterocycles. The van der Waals surface area contributed by atoms with Gasteiger partial charge in [-0.3, -0.25) is 0 Å². The molecule has 0 saturated heterocycles. The van der Waals surface area contributed by atoms with Gasteiger partial charge in [-0.1, -0.05) is 13.3 Å². The van der Waals surface area contributed by atoms with Crippen molar-refractivity contribution >= 4 is 17.8 Å². The Morgan fingerprint density at radius 2 is 2.18 bits per heavy atom. The van der Waals surface area contributed by atoms with E-state index in [0.29, 0.717) is 6.61 Å². The summed E-state index contributed by atoms with van der Waals surface area (Å²) in [5.74, 6) is -1.97. The summed E-state index contributed by atoms with van der Waals surface area (Å²) in [4.78, 5) is 25.8. The van der Waals surface area contributed by atoms with E-state index in [2.05, 4.69) is 4.98 Å². The summed E-state index contributed by atoms with van der Waals surface area (Å²) in [6.07, 6.45) is 1.69. The van der Waals surface area contributed by atoms with Crippen molar-refractivity contribution in [1.82, 2.24) is 4.98 Å². The Morgan fingerprint density at radius 3 is 2.71 bits per heavy atom. The molecule has 0 spiro atoms. The van der Waals surface area contributed by atoms with Gasteiger partial charge < -0.3 is 15.6 Å². The van der Waals surface area contributed by atoms with Gasteiger partial charge in [0, 0.05) is 0 Å². The largest absolute Gasteiger partial charge is 0.478 e. The Morgan fingerprint density at radius 1 is 1.47 bits per heavy atom. The van der Waals surface area contributed by atoms with Crippen molar-refractivity contribution < 1.29 is 19.4 Å². The van der Waals surface area contributed by atoms with Crippen LogP contribution in [-0.4, -0.2) is 28.6 Å². The van der Waals surface area contributed by atoms with Gasteiger partial charge in [0.2, 0.25) is 0 Å². The quantitative estimate of drug-likeness (QED) is 0.592. The fraction of sp³-hybridized carbons (Fsp3) is 0.364. The second kappa shape index (κ2) is 5.83.